The van der Waals surface area contributed by atoms with E-state index in [4.69, 9.17) is 9.47 Å². The molecule has 0 aromatic carbocycles. The van der Waals surface area contributed by atoms with Crippen LogP contribution in [0.5, 0.6) is 0 Å². The van der Waals surface area contributed by atoms with E-state index >= 15 is 0 Å². The lowest BCUT2D eigenvalue weighted by Gasteiger charge is -2.68. The molecule has 9 fully saturated rings. The van der Waals surface area contributed by atoms with E-state index in [1.165, 1.54) is 109 Å². The zero-order chi connectivity index (χ0) is 33.5. The van der Waals surface area contributed by atoms with Crippen LogP contribution in [0.3, 0.4) is 0 Å². The maximum atomic E-state index is 10.3. The summed E-state index contributed by atoms with van der Waals surface area (Å²) in [6, 6.07) is 2.91. The Hall–Kier alpha value is -0.550. The number of piperazine rings is 1. The summed E-state index contributed by atoms with van der Waals surface area (Å²) >= 11 is 1.93. The normalized spacial score (nSPS) is 51.5. The monoisotopic (exact) mass is 709 g/mol. The number of aliphatic hydroxyl groups is 1. The second kappa shape index (κ2) is 13.9. The highest BCUT2D eigenvalue weighted by Gasteiger charge is 2.64. The second-order valence-electron chi connectivity index (χ2n) is 18.7. The molecule has 9 heteroatoms. The van der Waals surface area contributed by atoms with Crippen molar-refractivity contribution >= 4 is 11.8 Å². The Kier molecular flexibility index (Phi) is 9.48. The Balaban J connectivity index is 1.15. The zero-order valence-electron chi connectivity index (χ0n) is 31.0. The molecule has 0 spiro atoms. The molecule has 50 heavy (non-hydrogen) atoms. The first-order valence-corrected chi connectivity index (χ1v) is 22.5. The summed E-state index contributed by atoms with van der Waals surface area (Å²) in [7, 11) is 3.89. The van der Waals surface area contributed by atoms with Gasteiger partial charge in [0.2, 0.25) is 0 Å². The molecule has 10 aliphatic rings. The fourth-order valence-corrected chi connectivity index (χ4v) is 16.1. The van der Waals surface area contributed by atoms with Gasteiger partial charge < -0.3 is 29.7 Å². The molecule has 2 saturated heterocycles. The smallest absolute Gasteiger partial charge is 0.143 e. The van der Waals surface area contributed by atoms with Crippen LogP contribution in [0.4, 0.5) is 0 Å². The van der Waals surface area contributed by atoms with Gasteiger partial charge in [-0.2, -0.15) is 0 Å². The third kappa shape index (κ3) is 5.42. The van der Waals surface area contributed by atoms with Crippen molar-refractivity contribution < 1.29 is 14.6 Å². The summed E-state index contributed by atoms with van der Waals surface area (Å²) in [6.45, 7) is 0.160. The van der Waals surface area contributed by atoms with Gasteiger partial charge in [-0.25, -0.2) is 10.9 Å². The number of ether oxygens (including phenoxy) is 2. The molecule has 15 atom stereocenters. The summed E-state index contributed by atoms with van der Waals surface area (Å²) in [5.74, 6) is 8.37. The molecular formula is C41H67N5O3S. The van der Waals surface area contributed by atoms with Crippen molar-refractivity contribution in [2.45, 2.75) is 175 Å². The highest BCUT2D eigenvalue weighted by Crippen LogP contribution is 2.63. The summed E-state index contributed by atoms with van der Waals surface area (Å²) < 4.78 is 12.2. The quantitative estimate of drug-likeness (QED) is 0.259. The van der Waals surface area contributed by atoms with Gasteiger partial charge in [-0.3, -0.25) is 0 Å². The van der Waals surface area contributed by atoms with Crippen LogP contribution in [0.2, 0.25) is 0 Å². The number of nitrogens with zero attached hydrogens (tertiary/aromatic N) is 2. The summed E-state index contributed by atoms with van der Waals surface area (Å²) in [6.07, 6.45) is 26.4. The first-order chi connectivity index (χ1) is 24.7. The Morgan fingerprint density at radius 1 is 0.700 bits per heavy atom. The van der Waals surface area contributed by atoms with Gasteiger partial charge in [-0.05, 0) is 130 Å². The molecule has 0 aromatic heterocycles. The van der Waals surface area contributed by atoms with E-state index in [2.05, 4.69) is 26.0 Å². The van der Waals surface area contributed by atoms with Gasteiger partial charge in [-0.15, -0.1) is 0 Å². The fourth-order valence-electron chi connectivity index (χ4n) is 15.1. The van der Waals surface area contributed by atoms with Crippen LogP contribution in [0.25, 0.3) is 0 Å². The molecule has 280 valence electrons. The lowest BCUT2D eigenvalue weighted by molar-refractivity contribution is -0.156. The Bertz CT molecular complexity index is 1260. The topological polar surface area (TPSA) is 81.3 Å². The summed E-state index contributed by atoms with van der Waals surface area (Å²) in [5.41, 5.74) is 9.27. The minimum Gasteiger partial charge on any atom is -0.394 e. The van der Waals surface area contributed by atoms with E-state index < -0.39 is 0 Å². The lowest BCUT2D eigenvalue weighted by atomic mass is 9.45. The van der Waals surface area contributed by atoms with Gasteiger partial charge in [-0.1, -0.05) is 50.3 Å². The molecule has 7 saturated carbocycles. The predicted molar refractivity (Wildman–Crippen MR) is 199 cm³/mol. The molecule has 0 radical (unpaired) electrons. The van der Waals surface area contributed by atoms with Crippen LogP contribution in [-0.2, 0) is 9.47 Å². The largest absolute Gasteiger partial charge is 0.394 e. The van der Waals surface area contributed by atoms with E-state index in [9.17, 15) is 5.11 Å². The Labute approximate surface area is 306 Å². The zero-order valence-corrected chi connectivity index (χ0v) is 31.8. The SMILES string of the molecule is COC1CCC(C2=C(N3C4CCCCC4NC4C5CCCC6CCC7CCCC(C7C65)C43)N(C3NNC(CO)S3)C3CCC(OC)CC23)CC1. The van der Waals surface area contributed by atoms with Gasteiger partial charge in [0.15, 0.2) is 0 Å². The molecule has 3 heterocycles. The number of nitrogens with one attached hydrogen (secondary N) is 3. The van der Waals surface area contributed by atoms with Gasteiger partial charge >= 0.3 is 0 Å². The van der Waals surface area contributed by atoms with Gasteiger partial charge in [0.25, 0.3) is 0 Å². The van der Waals surface area contributed by atoms with Gasteiger partial charge in [0.1, 0.15) is 11.3 Å². The summed E-state index contributed by atoms with van der Waals surface area (Å²) in [4.78, 5) is 6.24. The van der Waals surface area contributed by atoms with Crippen LogP contribution in [0.1, 0.15) is 122 Å². The van der Waals surface area contributed by atoms with Crippen molar-refractivity contribution in [3.05, 3.63) is 11.4 Å². The third-order valence-electron chi connectivity index (χ3n) is 16.9. The van der Waals surface area contributed by atoms with E-state index in [0.29, 0.717) is 54.3 Å². The van der Waals surface area contributed by atoms with Crippen LogP contribution in [-0.4, -0.2) is 89.0 Å². The molecule has 7 aliphatic carbocycles. The van der Waals surface area contributed by atoms with Crippen LogP contribution >= 0.6 is 11.8 Å². The Morgan fingerprint density at radius 3 is 2.16 bits per heavy atom. The minimum atomic E-state index is 0.0327. The molecule has 8 nitrogen and oxygen atoms in total. The van der Waals surface area contributed by atoms with Crippen LogP contribution < -0.4 is 16.2 Å². The average molecular weight is 710 g/mol. The number of rotatable bonds is 6. The molecule has 10 rings (SSSR count). The lowest BCUT2D eigenvalue weighted by Crippen LogP contribution is -2.76. The first-order valence-electron chi connectivity index (χ1n) is 21.6. The van der Waals surface area contributed by atoms with E-state index in [0.717, 1.165) is 48.3 Å². The maximum absolute atomic E-state index is 10.3. The molecular weight excluding hydrogens is 643 g/mol. The van der Waals surface area contributed by atoms with Crippen LogP contribution in [0, 0.1) is 47.3 Å². The standard InChI is InChI=1S/C41H67N5O3S/c1-48-26-17-15-25(16-18-26)37-30-21-27(49-2)19-20-32(30)46(41-44-43-34(22-47)50-41)40(37)45-33-12-4-3-11-31(33)42-38-28-9-5-7-23-13-14-24-8-6-10-29(39(38)45)36(24)35(23)28/h23-36,38-39,41-44,47H,3-22H2,1-2H3. The van der Waals surface area contributed by atoms with Crippen molar-refractivity contribution in [3.8, 4) is 0 Å². The number of hydrogen-bond donors (Lipinski definition) is 4. The number of aliphatic hydroxyl groups excluding tert-OH is 1. The molecule has 4 N–H and O–H groups in total. The number of thioether (sulfide) groups is 1. The van der Waals surface area contributed by atoms with Gasteiger partial charge in [0, 0.05) is 50.3 Å². The molecule has 15 unspecified atom stereocenters. The fraction of sp³-hybridized carbons (Fsp3) is 0.951. The number of hydrazine groups is 1. The van der Waals surface area contributed by atoms with Crippen molar-refractivity contribution in [2.75, 3.05) is 20.8 Å². The highest BCUT2D eigenvalue weighted by atomic mass is 32.2. The molecule has 3 aliphatic heterocycles. The molecule has 0 amide bonds. The van der Waals surface area contributed by atoms with Crippen molar-refractivity contribution in [1.82, 2.24) is 26.0 Å². The number of methoxy groups -OCH3 is 2. The summed E-state index contributed by atoms with van der Waals surface area (Å²) in [5, 5.41) is 15.0. The first kappa shape index (κ1) is 34.0. The highest BCUT2D eigenvalue weighted by molar-refractivity contribution is 8.00. The third-order valence-corrected chi connectivity index (χ3v) is 18.1. The number of hydrogen-bond acceptors (Lipinski definition) is 9. The van der Waals surface area contributed by atoms with Crippen molar-refractivity contribution in [1.29, 1.82) is 0 Å². The van der Waals surface area contributed by atoms with Crippen molar-refractivity contribution in [2.24, 2.45) is 47.3 Å². The molecule has 0 bridgehead atoms. The van der Waals surface area contributed by atoms with E-state index in [1.54, 1.807) is 5.82 Å². The predicted octanol–water partition coefficient (Wildman–Crippen LogP) is 6.17. The van der Waals surface area contributed by atoms with E-state index in [-0.39, 0.29) is 17.5 Å². The van der Waals surface area contributed by atoms with E-state index in [1.807, 2.05) is 31.6 Å². The van der Waals surface area contributed by atoms with Gasteiger partial charge in [0.05, 0.1) is 24.2 Å². The minimum absolute atomic E-state index is 0.0327. The second-order valence-corrected chi connectivity index (χ2v) is 20.0. The van der Waals surface area contributed by atoms with Crippen molar-refractivity contribution in [3.63, 3.8) is 0 Å². The maximum Gasteiger partial charge on any atom is 0.143 e. The molecule has 0 aromatic rings. The number of fused-ring (bicyclic) bond motifs is 5. The Morgan fingerprint density at radius 2 is 1.42 bits per heavy atom. The van der Waals surface area contributed by atoms with Crippen LogP contribution in [0.15, 0.2) is 11.4 Å². The average Bonchev–Trinajstić information content (AvgIpc) is 3.78.